The zero-order valence-electron chi connectivity index (χ0n) is 9.95. The smallest absolute Gasteiger partial charge is 0.307 e. The number of aromatic amines is 1. The lowest BCUT2D eigenvalue weighted by atomic mass is 10.5. The highest BCUT2D eigenvalue weighted by Gasteiger charge is 2.06. The summed E-state index contributed by atoms with van der Waals surface area (Å²) >= 11 is 1.26. The molecule has 0 aliphatic heterocycles. The van der Waals surface area contributed by atoms with Gasteiger partial charge in [-0.3, -0.25) is 24.4 Å². The van der Waals surface area contributed by atoms with Crippen molar-refractivity contribution < 1.29 is 0 Å². The molecule has 2 aromatic rings. The number of hydrogen-bond acceptors (Lipinski definition) is 8. The second-order valence-corrected chi connectivity index (χ2v) is 4.47. The summed E-state index contributed by atoms with van der Waals surface area (Å²) in [6.07, 6.45) is 3.06. The Morgan fingerprint density at radius 3 is 2.84 bits per heavy atom. The molecule has 0 aromatic carbocycles. The third-order valence-electron chi connectivity index (χ3n) is 2.15. The molecule has 0 saturated heterocycles. The van der Waals surface area contributed by atoms with Crippen LogP contribution in [0.4, 0.5) is 5.82 Å². The zero-order chi connectivity index (χ0) is 13.8. The molecule has 10 heteroatoms. The van der Waals surface area contributed by atoms with Gasteiger partial charge in [0, 0.05) is 12.8 Å². The SMILES string of the molecule is Cn1[nH]c(=O)c(=O)nc1SCc1cnc(NN)cn1. The van der Waals surface area contributed by atoms with Crippen LogP contribution in [0, 0.1) is 0 Å². The lowest BCUT2D eigenvalue weighted by Crippen LogP contribution is -2.33. The number of nitrogen functional groups attached to an aromatic ring is 1. The number of aryl methyl sites for hydroxylation is 1. The highest BCUT2D eigenvalue weighted by Crippen LogP contribution is 2.16. The third-order valence-corrected chi connectivity index (χ3v) is 3.21. The van der Waals surface area contributed by atoms with Crippen molar-refractivity contribution in [1.29, 1.82) is 0 Å². The normalized spacial score (nSPS) is 10.4. The number of nitrogens with one attached hydrogen (secondary N) is 2. The minimum absolute atomic E-state index is 0.396. The molecule has 0 spiro atoms. The molecule has 2 heterocycles. The van der Waals surface area contributed by atoms with E-state index in [0.29, 0.717) is 22.4 Å². The average molecular weight is 281 g/mol. The van der Waals surface area contributed by atoms with Gasteiger partial charge in [-0.25, -0.2) is 10.8 Å². The van der Waals surface area contributed by atoms with Crippen molar-refractivity contribution in [1.82, 2.24) is 24.7 Å². The fourth-order valence-electron chi connectivity index (χ4n) is 1.23. The van der Waals surface area contributed by atoms with Gasteiger partial charge in [0.05, 0.1) is 18.1 Å². The molecule has 0 bridgehead atoms. The van der Waals surface area contributed by atoms with Crippen LogP contribution in [-0.4, -0.2) is 24.7 Å². The maximum atomic E-state index is 11.2. The van der Waals surface area contributed by atoms with E-state index in [0.717, 1.165) is 0 Å². The Labute approximate surface area is 111 Å². The van der Waals surface area contributed by atoms with Gasteiger partial charge in [0.2, 0.25) is 0 Å². The first-order valence-corrected chi connectivity index (χ1v) is 6.16. The summed E-state index contributed by atoms with van der Waals surface area (Å²) in [6.45, 7) is 0. The van der Waals surface area contributed by atoms with Crippen LogP contribution in [-0.2, 0) is 12.8 Å². The number of hydrazine groups is 1. The van der Waals surface area contributed by atoms with Crippen LogP contribution in [0.1, 0.15) is 5.69 Å². The lowest BCUT2D eigenvalue weighted by molar-refractivity contribution is 0.596. The van der Waals surface area contributed by atoms with Crippen LogP contribution < -0.4 is 22.4 Å². The summed E-state index contributed by atoms with van der Waals surface area (Å²) in [5, 5.41) is 2.76. The molecule has 4 N–H and O–H groups in total. The topological polar surface area (TPSA) is 132 Å². The Hall–Kier alpha value is -2.20. The van der Waals surface area contributed by atoms with Crippen molar-refractivity contribution >= 4 is 17.6 Å². The van der Waals surface area contributed by atoms with Crippen molar-refractivity contribution in [3.63, 3.8) is 0 Å². The van der Waals surface area contributed by atoms with Gasteiger partial charge in [0.1, 0.15) is 0 Å². The molecule has 2 rings (SSSR count). The van der Waals surface area contributed by atoms with Crippen molar-refractivity contribution in [3.8, 4) is 0 Å². The van der Waals surface area contributed by atoms with E-state index in [4.69, 9.17) is 5.84 Å². The highest BCUT2D eigenvalue weighted by molar-refractivity contribution is 7.98. The molecular weight excluding hydrogens is 270 g/mol. The van der Waals surface area contributed by atoms with E-state index in [9.17, 15) is 9.59 Å². The molecular formula is C9H11N7O2S. The van der Waals surface area contributed by atoms with Crippen LogP contribution in [0.25, 0.3) is 0 Å². The summed E-state index contributed by atoms with van der Waals surface area (Å²) < 4.78 is 1.39. The van der Waals surface area contributed by atoms with Crippen LogP contribution in [0.15, 0.2) is 27.1 Å². The Balaban J connectivity index is 2.12. The molecule has 0 fully saturated rings. The molecule has 0 aliphatic carbocycles. The fourth-order valence-corrected chi connectivity index (χ4v) is 2.04. The zero-order valence-corrected chi connectivity index (χ0v) is 10.8. The number of anilines is 1. The highest BCUT2D eigenvalue weighted by atomic mass is 32.2. The molecule has 19 heavy (non-hydrogen) atoms. The standard InChI is InChI=1S/C9H11N7O2S/c1-16-9(13-7(17)8(18)15-16)19-4-5-2-12-6(14-10)3-11-5/h2-3H,4,10H2,1H3,(H,12,14)(H,15,18). The molecule has 2 aromatic heterocycles. The van der Waals surface area contributed by atoms with Gasteiger partial charge in [-0.15, -0.1) is 0 Å². The monoisotopic (exact) mass is 281 g/mol. The second-order valence-electron chi connectivity index (χ2n) is 3.53. The van der Waals surface area contributed by atoms with E-state index in [2.05, 4.69) is 25.5 Å². The molecule has 0 radical (unpaired) electrons. The number of thioether (sulfide) groups is 1. The second kappa shape index (κ2) is 5.63. The van der Waals surface area contributed by atoms with Crippen LogP contribution in [0.5, 0.6) is 0 Å². The van der Waals surface area contributed by atoms with E-state index < -0.39 is 11.1 Å². The number of aromatic nitrogens is 5. The van der Waals surface area contributed by atoms with E-state index in [-0.39, 0.29) is 0 Å². The van der Waals surface area contributed by atoms with E-state index in [1.807, 2.05) is 0 Å². The van der Waals surface area contributed by atoms with E-state index in [1.54, 1.807) is 13.2 Å². The largest absolute Gasteiger partial charge is 0.339 e. The Morgan fingerprint density at radius 1 is 1.42 bits per heavy atom. The van der Waals surface area contributed by atoms with Crippen LogP contribution in [0.3, 0.4) is 0 Å². The Bertz CT molecular complexity index is 678. The van der Waals surface area contributed by atoms with Crippen LogP contribution >= 0.6 is 11.8 Å². The summed E-state index contributed by atoms with van der Waals surface area (Å²) in [7, 11) is 1.60. The van der Waals surface area contributed by atoms with E-state index >= 15 is 0 Å². The van der Waals surface area contributed by atoms with Crippen molar-refractivity contribution in [2.24, 2.45) is 12.9 Å². The molecule has 0 atom stereocenters. The maximum Gasteiger partial charge on any atom is 0.339 e. The van der Waals surface area contributed by atoms with Gasteiger partial charge in [-0.1, -0.05) is 11.8 Å². The molecule has 0 unspecified atom stereocenters. The maximum absolute atomic E-state index is 11.2. The summed E-state index contributed by atoms with van der Waals surface area (Å²) in [4.78, 5) is 34.0. The predicted molar refractivity (Wildman–Crippen MR) is 69.5 cm³/mol. The Morgan fingerprint density at radius 2 is 2.21 bits per heavy atom. The number of nitrogens with zero attached hydrogens (tertiary/aromatic N) is 4. The van der Waals surface area contributed by atoms with Gasteiger partial charge in [0.25, 0.3) is 0 Å². The number of nitrogens with two attached hydrogens (primary N) is 1. The van der Waals surface area contributed by atoms with E-state index in [1.165, 1.54) is 22.6 Å². The molecule has 0 amide bonds. The first kappa shape index (κ1) is 13.2. The molecule has 9 nitrogen and oxygen atoms in total. The number of rotatable bonds is 4. The molecule has 0 aliphatic rings. The van der Waals surface area contributed by atoms with Gasteiger partial charge >= 0.3 is 11.1 Å². The molecule has 100 valence electrons. The van der Waals surface area contributed by atoms with Gasteiger partial charge in [-0.05, 0) is 0 Å². The minimum Gasteiger partial charge on any atom is -0.307 e. The van der Waals surface area contributed by atoms with Gasteiger partial charge < -0.3 is 5.43 Å². The predicted octanol–water partition coefficient (Wildman–Crippen LogP) is -1.16. The summed E-state index contributed by atoms with van der Waals surface area (Å²) in [6, 6.07) is 0. The van der Waals surface area contributed by atoms with Crippen molar-refractivity contribution in [3.05, 3.63) is 38.8 Å². The average Bonchev–Trinajstić information content (AvgIpc) is 2.42. The summed E-state index contributed by atoms with van der Waals surface area (Å²) in [5.74, 6) is 6.10. The van der Waals surface area contributed by atoms with Crippen molar-refractivity contribution in [2.75, 3.05) is 5.43 Å². The number of hydrogen-bond donors (Lipinski definition) is 3. The fraction of sp³-hybridized carbons (Fsp3) is 0.222. The van der Waals surface area contributed by atoms with Crippen LogP contribution in [0.2, 0.25) is 0 Å². The Kier molecular flexibility index (Phi) is 3.92. The minimum atomic E-state index is -0.811. The van der Waals surface area contributed by atoms with Crippen molar-refractivity contribution in [2.45, 2.75) is 10.9 Å². The van der Waals surface area contributed by atoms with Gasteiger partial charge in [-0.2, -0.15) is 4.98 Å². The first-order valence-electron chi connectivity index (χ1n) is 5.18. The lowest BCUT2D eigenvalue weighted by Gasteiger charge is -2.05. The quantitative estimate of drug-likeness (QED) is 0.277. The molecule has 0 saturated carbocycles. The summed E-state index contributed by atoms with van der Waals surface area (Å²) in [5.41, 5.74) is 1.52. The van der Waals surface area contributed by atoms with Gasteiger partial charge in [0.15, 0.2) is 11.0 Å². The third kappa shape index (κ3) is 3.17. The number of H-pyrrole nitrogens is 1. The first-order chi connectivity index (χ1) is 9.10.